The van der Waals surface area contributed by atoms with Crippen LogP contribution in [0, 0.1) is 0 Å². The summed E-state index contributed by atoms with van der Waals surface area (Å²) < 4.78 is 21.7. The van der Waals surface area contributed by atoms with Gasteiger partial charge in [0.15, 0.2) is 0 Å². The molecule has 0 aliphatic heterocycles. The maximum absolute atomic E-state index is 5.78. The summed E-state index contributed by atoms with van der Waals surface area (Å²) >= 11 is 0. The molecule has 0 fully saturated rings. The molecule has 0 amide bonds. The number of methoxy groups -OCH3 is 2. The van der Waals surface area contributed by atoms with Gasteiger partial charge >= 0.3 is 0 Å². The molecule has 0 aromatic carbocycles. The van der Waals surface area contributed by atoms with E-state index in [4.69, 9.17) is 18.9 Å². The first-order valence-electron chi connectivity index (χ1n) is 6.32. The third kappa shape index (κ3) is 9.50. The topological polar surface area (TPSA) is 36.9 Å². The van der Waals surface area contributed by atoms with Crippen LogP contribution in [-0.4, -0.2) is 47.7 Å². The predicted octanol–water partition coefficient (Wildman–Crippen LogP) is 2.81. The molecular weight excluding hydrogens is 248 g/mol. The Labute approximate surface area is 112 Å². The van der Waals surface area contributed by atoms with Gasteiger partial charge in [-0.2, -0.15) is 0 Å². The van der Waals surface area contributed by atoms with Gasteiger partial charge in [0.05, 0.1) is 21.3 Å². The Hall–Kier alpha value is -0.523. The van der Waals surface area contributed by atoms with E-state index in [2.05, 4.69) is 25.3 Å². The van der Waals surface area contributed by atoms with Crippen molar-refractivity contribution in [2.75, 3.05) is 27.4 Å². The minimum absolute atomic E-state index is 0.0210. The molecule has 108 valence electrons. The summed E-state index contributed by atoms with van der Waals surface area (Å²) in [6.45, 7) is 11.7. The van der Waals surface area contributed by atoms with Crippen LogP contribution in [0.15, 0.2) is 11.6 Å². The lowest BCUT2D eigenvalue weighted by Crippen LogP contribution is -2.24. The Bertz CT molecular complexity index is 232. The molecule has 0 saturated heterocycles. The number of rotatable bonds is 9. The van der Waals surface area contributed by atoms with Crippen LogP contribution in [0.25, 0.3) is 0 Å². The number of ether oxygens (including phenoxy) is 4. The van der Waals surface area contributed by atoms with Crippen LogP contribution in [0.2, 0.25) is 19.6 Å². The molecule has 18 heavy (non-hydrogen) atoms. The van der Waals surface area contributed by atoms with E-state index in [1.54, 1.807) is 14.2 Å². The molecule has 5 heteroatoms. The van der Waals surface area contributed by atoms with Crippen LogP contribution in [0.1, 0.15) is 13.8 Å². The lowest BCUT2D eigenvalue weighted by atomic mass is 10.4. The molecule has 0 aliphatic rings. The highest BCUT2D eigenvalue weighted by molar-refractivity contribution is 6.81. The number of hydrogen-bond acceptors (Lipinski definition) is 4. The van der Waals surface area contributed by atoms with Gasteiger partial charge in [-0.3, -0.25) is 0 Å². The largest absolute Gasteiger partial charge is 0.460 e. The van der Waals surface area contributed by atoms with Gasteiger partial charge in [0.25, 0.3) is 5.95 Å². The second-order valence-electron chi connectivity index (χ2n) is 5.60. The van der Waals surface area contributed by atoms with Crippen molar-refractivity contribution in [2.45, 2.75) is 45.7 Å². The zero-order chi connectivity index (χ0) is 14.2. The first-order chi connectivity index (χ1) is 8.28. The van der Waals surface area contributed by atoms with Gasteiger partial charge in [0, 0.05) is 14.2 Å². The molecule has 0 rings (SSSR count). The van der Waals surface area contributed by atoms with E-state index in [-0.39, 0.29) is 12.2 Å². The summed E-state index contributed by atoms with van der Waals surface area (Å²) in [6.07, 6.45) is -0.0420. The third-order valence-corrected chi connectivity index (χ3v) is 3.09. The van der Waals surface area contributed by atoms with Crippen molar-refractivity contribution >= 4 is 8.07 Å². The highest BCUT2D eigenvalue weighted by Gasteiger charge is 2.17. The van der Waals surface area contributed by atoms with Gasteiger partial charge in [0.2, 0.25) is 0 Å². The van der Waals surface area contributed by atoms with E-state index in [0.717, 1.165) is 0 Å². The monoisotopic (exact) mass is 276 g/mol. The van der Waals surface area contributed by atoms with Gasteiger partial charge < -0.3 is 18.9 Å². The molecule has 0 radical (unpaired) electrons. The fraction of sp³-hybridized carbons (Fsp3) is 0.846. The average Bonchev–Trinajstić information content (AvgIpc) is 2.14. The van der Waals surface area contributed by atoms with E-state index in [1.807, 2.05) is 13.8 Å². The lowest BCUT2D eigenvalue weighted by Gasteiger charge is -2.22. The fourth-order valence-corrected chi connectivity index (χ4v) is 2.23. The summed E-state index contributed by atoms with van der Waals surface area (Å²) in [4.78, 5) is 0. The van der Waals surface area contributed by atoms with Gasteiger partial charge in [-0.25, -0.2) is 0 Å². The standard InChI is InChI=1S/C13H28O4Si/c1-11(8-14-3)16-13(10-18(5,6)7)17-12(2)9-15-4/h10-12H,8-9H2,1-7H3. The summed E-state index contributed by atoms with van der Waals surface area (Å²) in [6, 6.07) is 0. The van der Waals surface area contributed by atoms with Crippen LogP contribution in [0.3, 0.4) is 0 Å². The summed E-state index contributed by atoms with van der Waals surface area (Å²) in [5, 5.41) is 0. The Balaban J connectivity index is 4.58. The van der Waals surface area contributed by atoms with E-state index in [9.17, 15) is 0 Å². The minimum Gasteiger partial charge on any atom is -0.460 e. The van der Waals surface area contributed by atoms with Crippen LogP contribution >= 0.6 is 0 Å². The maximum atomic E-state index is 5.78. The van der Waals surface area contributed by atoms with Gasteiger partial charge in [-0.05, 0) is 19.5 Å². The Morgan fingerprint density at radius 3 is 1.61 bits per heavy atom. The molecule has 0 aromatic heterocycles. The third-order valence-electron chi connectivity index (χ3n) is 1.99. The molecule has 0 N–H and O–H groups in total. The van der Waals surface area contributed by atoms with Crippen LogP contribution in [0.5, 0.6) is 0 Å². The van der Waals surface area contributed by atoms with E-state index in [1.165, 1.54) is 0 Å². The van der Waals surface area contributed by atoms with E-state index >= 15 is 0 Å². The zero-order valence-electron chi connectivity index (χ0n) is 12.8. The SMILES string of the molecule is COCC(C)OC(=C[Si](C)(C)C)OC(C)COC. The van der Waals surface area contributed by atoms with Crippen LogP contribution < -0.4 is 0 Å². The number of hydrogen-bond donors (Lipinski definition) is 0. The smallest absolute Gasteiger partial charge is 0.271 e. The second-order valence-corrected chi connectivity index (χ2v) is 10.6. The molecule has 2 unspecified atom stereocenters. The van der Waals surface area contributed by atoms with Crippen molar-refractivity contribution in [3.05, 3.63) is 11.6 Å². The zero-order valence-corrected chi connectivity index (χ0v) is 13.8. The second kappa shape index (κ2) is 8.56. The summed E-state index contributed by atoms with van der Waals surface area (Å²) in [5.41, 5.74) is 2.12. The van der Waals surface area contributed by atoms with Gasteiger partial charge in [-0.15, -0.1) is 0 Å². The van der Waals surface area contributed by atoms with Crippen molar-refractivity contribution in [2.24, 2.45) is 0 Å². The average molecular weight is 276 g/mol. The fourth-order valence-electron chi connectivity index (χ4n) is 1.38. The first-order valence-corrected chi connectivity index (χ1v) is 9.90. The highest BCUT2D eigenvalue weighted by Crippen LogP contribution is 2.14. The van der Waals surface area contributed by atoms with Crippen molar-refractivity contribution in [1.82, 2.24) is 0 Å². The van der Waals surface area contributed by atoms with Crippen molar-refractivity contribution in [1.29, 1.82) is 0 Å². The van der Waals surface area contributed by atoms with E-state index in [0.29, 0.717) is 19.2 Å². The molecule has 2 atom stereocenters. The summed E-state index contributed by atoms with van der Waals surface area (Å²) in [5.74, 6) is 0.600. The maximum Gasteiger partial charge on any atom is 0.271 e. The van der Waals surface area contributed by atoms with Crippen molar-refractivity contribution in [3.63, 3.8) is 0 Å². The highest BCUT2D eigenvalue weighted by atomic mass is 28.3. The first kappa shape index (κ1) is 17.5. The molecule has 0 aromatic rings. The lowest BCUT2D eigenvalue weighted by molar-refractivity contribution is -0.0637. The molecule has 0 saturated carbocycles. The summed E-state index contributed by atoms with van der Waals surface area (Å²) in [7, 11) is 1.93. The predicted molar refractivity (Wildman–Crippen MR) is 76.3 cm³/mol. The molecule has 0 heterocycles. The molecule has 0 bridgehead atoms. The molecular formula is C13H28O4Si. The molecule has 4 nitrogen and oxygen atoms in total. The van der Waals surface area contributed by atoms with Crippen LogP contribution in [-0.2, 0) is 18.9 Å². The Kier molecular flexibility index (Phi) is 8.31. The van der Waals surface area contributed by atoms with Crippen LogP contribution in [0.4, 0.5) is 0 Å². The molecule has 0 spiro atoms. The van der Waals surface area contributed by atoms with Gasteiger partial charge in [-0.1, -0.05) is 19.6 Å². The van der Waals surface area contributed by atoms with Crippen molar-refractivity contribution < 1.29 is 18.9 Å². The van der Waals surface area contributed by atoms with Gasteiger partial charge in [0.1, 0.15) is 12.2 Å². The minimum atomic E-state index is -1.39. The normalized spacial score (nSPS) is 14.8. The Morgan fingerprint density at radius 1 is 0.944 bits per heavy atom. The Morgan fingerprint density at radius 2 is 1.33 bits per heavy atom. The van der Waals surface area contributed by atoms with E-state index < -0.39 is 8.07 Å². The van der Waals surface area contributed by atoms with Crippen molar-refractivity contribution in [3.8, 4) is 0 Å². The quantitative estimate of drug-likeness (QED) is 0.479. The molecule has 0 aliphatic carbocycles.